The van der Waals surface area contributed by atoms with Crippen molar-refractivity contribution in [2.75, 3.05) is 21.7 Å². The van der Waals surface area contributed by atoms with Crippen LogP contribution in [0.2, 0.25) is 0 Å². The Bertz CT molecular complexity index is 965. The van der Waals surface area contributed by atoms with Crippen LogP contribution in [0.3, 0.4) is 0 Å². The molecule has 0 aliphatic carbocycles. The van der Waals surface area contributed by atoms with Gasteiger partial charge in [-0.1, -0.05) is 0 Å². The topological polar surface area (TPSA) is 87.3 Å². The fourth-order valence-corrected chi connectivity index (χ4v) is 3.05. The van der Waals surface area contributed by atoms with E-state index < -0.39 is 40.5 Å². The van der Waals surface area contributed by atoms with E-state index in [1.165, 1.54) is 38.1 Å². The van der Waals surface area contributed by atoms with Crippen LogP contribution < -0.4 is 16.0 Å². The lowest BCUT2D eigenvalue weighted by molar-refractivity contribution is -0.137. The number of amides is 3. The average Bonchev–Trinajstić information content (AvgIpc) is 2.68. The van der Waals surface area contributed by atoms with E-state index in [4.69, 9.17) is 0 Å². The normalized spacial score (nSPS) is 12.1. The predicted octanol–water partition coefficient (Wildman–Crippen LogP) is 4.50. The molecular weight excluding hydrogens is 438 g/mol. The number of benzene rings is 2. The summed E-state index contributed by atoms with van der Waals surface area (Å²) in [5.74, 6) is -2.17. The highest BCUT2D eigenvalue weighted by molar-refractivity contribution is 8.01. The lowest BCUT2D eigenvalue weighted by Crippen LogP contribution is -2.26. The fourth-order valence-electron chi connectivity index (χ4n) is 2.36. The largest absolute Gasteiger partial charge is 0.416 e. The van der Waals surface area contributed by atoms with Crippen LogP contribution in [-0.4, -0.2) is 28.7 Å². The second-order valence-electron chi connectivity index (χ2n) is 6.44. The van der Waals surface area contributed by atoms with E-state index in [2.05, 4.69) is 16.0 Å². The van der Waals surface area contributed by atoms with Gasteiger partial charge in [-0.2, -0.15) is 13.2 Å². The zero-order valence-electron chi connectivity index (χ0n) is 16.5. The van der Waals surface area contributed by atoms with E-state index in [0.717, 1.165) is 30.0 Å². The third kappa shape index (κ3) is 7.59. The molecule has 0 saturated carbocycles. The molecule has 31 heavy (non-hydrogen) atoms. The van der Waals surface area contributed by atoms with Gasteiger partial charge in [-0.3, -0.25) is 14.4 Å². The first-order valence-electron chi connectivity index (χ1n) is 8.92. The summed E-state index contributed by atoms with van der Waals surface area (Å²) in [6.07, 6.45) is -4.63. The summed E-state index contributed by atoms with van der Waals surface area (Å²) >= 11 is 0.956. The molecule has 2 aromatic carbocycles. The zero-order valence-corrected chi connectivity index (χ0v) is 17.3. The highest BCUT2D eigenvalue weighted by Crippen LogP contribution is 2.34. The Labute approximate surface area is 179 Å². The molecule has 0 spiro atoms. The third-order valence-corrected chi connectivity index (χ3v) is 5.02. The van der Waals surface area contributed by atoms with Crippen molar-refractivity contribution in [3.05, 3.63) is 53.8 Å². The number of hydrogen-bond donors (Lipinski definition) is 3. The second-order valence-corrected chi connectivity index (χ2v) is 7.77. The van der Waals surface area contributed by atoms with Crippen molar-refractivity contribution in [2.24, 2.45) is 0 Å². The molecule has 11 heteroatoms. The minimum absolute atomic E-state index is 0.0140. The van der Waals surface area contributed by atoms with Gasteiger partial charge in [0.25, 0.3) is 0 Å². The number of nitrogens with one attached hydrogen (secondary N) is 3. The maximum Gasteiger partial charge on any atom is 0.416 e. The van der Waals surface area contributed by atoms with Crippen molar-refractivity contribution >= 4 is 46.5 Å². The molecule has 1 atom stereocenters. The van der Waals surface area contributed by atoms with Gasteiger partial charge in [0.2, 0.25) is 17.7 Å². The molecule has 0 aliphatic heterocycles. The molecule has 0 aliphatic rings. The number of alkyl halides is 3. The summed E-state index contributed by atoms with van der Waals surface area (Å²) in [5.41, 5.74) is -0.803. The number of thioether (sulfide) groups is 1. The summed E-state index contributed by atoms with van der Waals surface area (Å²) in [7, 11) is 0. The van der Waals surface area contributed by atoms with Gasteiger partial charge in [0.05, 0.1) is 27.9 Å². The van der Waals surface area contributed by atoms with Crippen LogP contribution in [0.15, 0.2) is 42.5 Å². The van der Waals surface area contributed by atoms with Gasteiger partial charge in [0.15, 0.2) is 0 Å². The van der Waals surface area contributed by atoms with Crippen molar-refractivity contribution in [1.82, 2.24) is 0 Å². The standard InChI is InChI=1S/C20H19F4N3O3S/c1-11(31-10-18(29)26-15-6-4-14(21)5-7-15)19(30)27-17-9-13(20(22,23)24)3-8-16(17)25-12(2)28/h3-9,11H,10H2,1-2H3,(H,25,28)(H,26,29)(H,27,30). The highest BCUT2D eigenvalue weighted by Gasteiger charge is 2.31. The van der Waals surface area contributed by atoms with Crippen LogP contribution in [-0.2, 0) is 20.6 Å². The van der Waals surface area contributed by atoms with Crippen molar-refractivity contribution in [1.29, 1.82) is 0 Å². The van der Waals surface area contributed by atoms with Crippen LogP contribution in [0.25, 0.3) is 0 Å². The molecule has 0 bridgehead atoms. The van der Waals surface area contributed by atoms with E-state index in [1.807, 2.05) is 0 Å². The van der Waals surface area contributed by atoms with Crippen molar-refractivity contribution < 1.29 is 31.9 Å². The number of carbonyl (C=O) groups excluding carboxylic acids is 3. The minimum atomic E-state index is -4.63. The molecule has 6 nitrogen and oxygen atoms in total. The van der Waals surface area contributed by atoms with Gasteiger partial charge in [-0.25, -0.2) is 4.39 Å². The first-order valence-corrected chi connectivity index (χ1v) is 9.97. The third-order valence-electron chi connectivity index (χ3n) is 3.88. The Balaban J connectivity index is 2.01. The Morgan fingerprint density at radius 3 is 2.19 bits per heavy atom. The van der Waals surface area contributed by atoms with Crippen LogP contribution in [0.5, 0.6) is 0 Å². The molecule has 0 radical (unpaired) electrons. The van der Waals surface area contributed by atoms with Crippen molar-refractivity contribution in [3.8, 4) is 0 Å². The van der Waals surface area contributed by atoms with E-state index in [9.17, 15) is 31.9 Å². The molecule has 0 fully saturated rings. The molecule has 2 aromatic rings. The Morgan fingerprint density at radius 1 is 0.968 bits per heavy atom. The molecule has 2 rings (SSSR count). The maximum atomic E-state index is 13.0. The molecule has 0 saturated heterocycles. The SMILES string of the molecule is CC(=O)Nc1ccc(C(F)(F)F)cc1NC(=O)C(C)SCC(=O)Nc1ccc(F)cc1. The Hall–Kier alpha value is -3.08. The van der Waals surface area contributed by atoms with Gasteiger partial charge in [0, 0.05) is 12.6 Å². The van der Waals surface area contributed by atoms with E-state index in [1.54, 1.807) is 0 Å². The molecule has 0 heterocycles. The number of hydrogen-bond acceptors (Lipinski definition) is 4. The highest BCUT2D eigenvalue weighted by atomic mass is 32.2. The summed E-state index contributed by atoms with van der Waals surface area (Å²) in [6.45, 7) is 2.67. The Morgan fingerprint density at radius 2 is 1.61 bits per heavy atom. The molecule has 3 amide bonds. The van der Waals surface area contributed by atoms with Crippen molar-refractivity contribution in [2.45, 2.75) is 25.3 Å². The zero-order chi connectivity index (χ0) is 23.2. The molecule has 166 valence electrons. The summed E-state index contributed by atoms with van der Waals surface area (Å²) in [5, 5.41) is 6.46. The van der Waals surface area contributed by atoms with E-state index in [-0.39, 0.29) is 17.1 Å². The van der Waals surface area contributed by atoms with E-state index >= 15 is 0 Å². The molecule has 3 N–H and O–H groups in total. The quantitative estimate of drug-likeness (QED) is 0.535. The van der Waals surface area contributed by atoms with Gasteiger partial charge in [0.1, 0.15) is 5.82 Å². The van der Waals surface area contributed by atoms with E-state index in [0.29, 0.717) is 5.69 Å². The molecule has 0 aromatic heterocycles. The smallest absolute Gasteiger partial charge is 0.325 e. The summed E-state index contributed by atoms with van der Waals surface area (Å²) in [6, 6.07) is 7.69. The summed E-state index contributed by atoms with van der Waals surface area (Å²) < 4.78 is 51.9. The van der Waals surface area contributed by atoms with Crippen LogP contribution >= 0.6 is 11.8 Å². The van der Waals surface area contributed by atoms with Crippen LogP contribution in [0.4, 0.5) is 34.6 Å². The van der Waals surface area contributed by atoms with Crippen molar-refractivity contribution in [3.63, 3.8) is 0 Å². The minimum Gasteiger partial charge on any atom is -0.325 e. The predicted molar refractivity (Wildman–Crippen MR) is 111 cm³/mol. The van der Waals surface area contributed by atoms with Gasteiger partial charge >= 0.3 is 6.18 Å². The number of anilines is 3. The monoisotopic (exact) mass is 457 g/mol. The van der Waals surface area contributed by atoms with Gasteiger partial charge in [-0.15, -0.1) is 11.8 Å². The first kappa shape index (κ1) is 24.2. The van der Waals surface area contributed by atoms with Crippen LogP contribution in [0.1, 0.15) is 19.4 Å². The maximum absolute atomic E-state index is 13.0. The Kier molecular flexibility index (Phi) is 8.03. The lowest BCUT2D eigenvalue weighted by atomic mass is 10.1. The van der Waals surface area contributed by atoms with Gasteiger partial charge < -0.3 is 16.0 Å². The number of halogens is 4. The lowest BCUT2D eigenvalue weighted by Gasteiger charge is -2.17. The summed E-state index contributed by atoms with van der Waals surface area (Å²) in [4.78, 5) is 35.7. The van der Waals surface area contributed by atoms with Gasteiger partial charge in [-0.05, 0) is 49.4 Å². The molecular formula is C20H19F4N3O3S. The second kappa shape index (κ2) is 10.3. The number of rotatable bonds is 7. The fraction of sp³-hybridized carbons (Fsp3) is 0.250. The first-order chi connectivity index (χ1) is 14.5. The average molecular weight is 457 g/mol. The number of carbonyl (C=O) groups is 3. The van der Waals surface area contributed by atoms with Crippen LogP contribution in [0, 0.1) is 5.82 Å². The molecule has 1 unspecified atom stereocenters.